The van der Waals surface area contributed by atoms with Crippen LogP contribution in [-0.2, 0) is 32.0 Å². The Balaban J connectivity index is 1.26. The van der Waals surface area contributed by atoms with E-state index in [-0.39, 0.29) is 29.5 Å². The van der Waals surface area contributed by atoms with Gasteiger partial charge >= 0.3 is 12.1 Å². The van der Waals surface area contributed by atoms with Crippen LogP contribution in [0.3, 0.4) is 0 Å². The second kappa shape index (κ2) is 16.9. The summed E-state index contributed by atoms with van der Waals surface area (Å²) in [6.07, 6.45) is 1.46. The number of amides is 4. The fourth-order valence-corrected chi connectivity index (χ4v) is 7.37. The van der Waals surface area contributed by atoms with Crippen molar-refractivity contribution in [3.05, 3.63) is 117 Å². The van der Waals surface area contributed by atoms with Crippen LogP contribution in [0.2, 0.25) is 5.02 Å². The lowest BCUT2D eigenvalue weighted by atomic mass is 10.0. The highest BCUT2D eigenvalue weighted by molar-refractivity contribution is 8.00. The molecule has 0 radical (unpaired) electrons. The number of halogens is 1. The molecule has 4 amide bonds. The zero-order valence-electron chi connectivity index (χ0n) is 28.9. The first-order chi connectivity index (χ1) is 24.8. The van der Waals surface area contributed by atoms with Crippen LogP contribution in [0.15, 0.2) is 89.5 Å². The van der Waals surface area contributed by atoms with Gasteiger partial charge in [0.2, 0.25) is 5.91 Å². The molecule has 0 atom stereocenters. The Hall–Kier alpha value is -5.11. The van der Waals surface area contributed by atoms with Gasteiger partial charge in [-0.25, -0.2) is 9.59 Å². The first-order valence-corrected chi connectivity index (χ1v) is 18.4. The number of rotatable bonds is 10. The Morgan fingerprint density at radius 3 is 2.40 bits per heavy atom. The smallest absolute Gasteiger partial charge is 0.410 e. The molecule has 0 fully saturated rings. The van der Waals surface area contributed by atoms with Gasteiger partial charge in [-0.1, -0.05) is 54.1 Å². The van der Waals surface area contributed by atoms with Gasteiger partial charge in [0.15, 0.2) is 0 Å². The first kappa shape index (κ1) is 38.1. The molecule has 14 heteroatoms. The highest BCUT2D eigenvalue weighted by atomic mass is 35.5. The van der Waals surface area contributed by atoms with Crippen molar-refractivity contribution in [3.8, 4) is 0 Å². The number of nitrogens with zero attached hydrogens (tertiary/aromatic N) is 1. The van der Waals surface area contributed by atoms with Crippen LogP contribution in [0, 0.1) is 0 Å². The van der Waals surface area contributed by atoms with Crippen LogP contribution < -0.4 is 16.0 Å². The van der Waals surface area contributed by atoms with E-state index >= 15 is 0 Å². The number of esters is 1. The van der Waals surface area contributed by atoms with E-state index in [1.54, 1.807) is 105 Å². The molecule has 0 bridgehead atoms. The molecule has 1 aliphatic rings. The number of carbonyl (C=O) groups excluding carboxylic acids is 5. The maximum atomic E-state index is 13.5. The number of ether oxygens (including phenoxy) is 2. The summed E-state index contributed by atoms with van der Waals surface area (Å²) in [6.45, 7) is 5.99. The highest BCUT2D eigenvalue weighted by Gasteiger charge is 2.32. The lowest BCUT2D eigenvalue weighted by molar-refractivity contribution is -0.114. The minimum Gasteiger partial charge on any atom is -0.465 e. The molecular formula is C38H37ClN4O7S2. The van der Waals surface area contributed by atoms with E-state index in [0.717, 1.165) is 10.4 Å². The number of carbonyl (C=O) groups is 5. The van der Waals surface area contributed by atoms with Crippen molar-refractivity contribution in [2.75, 3.05) is 30.0 Å². The molecular weight excluding hydrogens is 724 g/mol. The van der Waals surface area contributed by atoms with Crippen molar-refractivity contribution in [1.82, 2.24) is 10.2 Å². The van der Waals surface area contributed by atoms with Crippen LogP contribution in [-0.4, -0.2) is 59.7 Å². The van der Waals surface area contributed by atoms with Gasteiger partial charge in [0, 0.05) is 32.6 Å². The summed E-state index contributed by atoms with van der Waals surface area (Å²) < 4.78 is 10.6. The lowest BCUT2D eigenvalue weighted by Gasteiger charge is -2.30. The van der Waals surface area contributed by atoms with Crippen molar-refractivity contribution in [3.63, 3.8) is 0 Å². The number of anilines is 2. The predicted molar refractivity (Wildman–Crippen MR) is 204 cm³/mol. The molecule has 11 nitrogen and oxygen atoms in total. The van der Waals surface area contributed by atoms with Gasteiger partial charge in [0.25, 0.3) is 11.8 Å². The topological polar surface area (TPSA) is 143 Å². The first-order valence-electron chi connectivity index (χ1n) is 16.2. The van der Waals surface area contributed by atoms with Crippen molar-refractivity contribution in [2.24, 2.45) is 0 Å². The van der Waals surface area contributed by atoms with Gasteiger partial charge in [0.1, 0.15) is 16.3 Å². The zero-order valence-corrected chi connectivity index (χ0v) is 31.3. The molecule has 270 valence electrons. The maximum absolute atomic E-state index is 13.5. The SMILES string of the molecule is COC(=O)c1c(NC(=O)CSc2cccc(NC(=O)/C(=C\c3ccccc3Cl)NC(=O)c3ccccc3)c2)sc2c1CCN(C(=O)OC(C)(C)C)C2. The Bertz CT molecular complexity index is 2020. The summed E-state index contributed by atoms with van der Waals surface area (Å²) in [4.78, 5) is 68.2. The molecule has 1 aromatic heterocycles. The van der Waals surface area contributed by atoms with Gasteiger partial charge in [-0.2, -0.15) is 0 Å². The number of methoxy groups -OCH3 is 1. The minimum absolute atomic E-state index is 0.00456. The van der Waals surface area contributed by atoms with E-state index in [9.17, 15) is 24.0 Å². The molecule has 0 unspecified atom stereocenters. The van der Waals surface area contributed by atoms with Crippen LogP contribution >= 0.6 is 34.7 Å². The summed E-state index contributed by atoms with van der Waals surface area (Å²) >= 11 is 8.80. The van der Waals surface area contributed by atoms with E-state index in [1.807, 2.05) is 0 Å². The molecule has 52 heavy (non-hydrogen) atoms. The maximum Gasteiger partial charge on any atom is 0.410 e. The number of hydrogen-bond acceptors (Lipinski definition) is 9. The molecule has 1 aliphatic heterocycles. The van der Waals surface area contributed by atoms with E-state index < -0.39 is 29.5 Å². The molecule has 4 aromatic rings. The predicted octanol–water partition coefficient (Wildman–Crippen LogP) is 7.62. The van der Waals surface area contributed by atoms with E-state index in [2.05, 4.69) is 16.0 Å². The summed E-state index contributed by atoms with van der Waals surface area (Å²) in [5.41, 5.74) is 1.71. The minimum atomic E-state index is -0.650. The van der Waals surface area contributed by atoms with Crippen LogP contribution in [0.5, 0.6) is 0 Å². The molecule has 0 saturated heterocycles. The van der Waals surface area contributed by atoms with Crippen LogP contribution in [0.1, 0.15) is 57.5 Å². The van der Waals surface area contributed by atoms with Crippen LogP contribution in [0.4, 0.5) is 15.5 Å². The fraction of sp³-hybridized carbons (Fsp3) is 0.237. The number of hydrogen-bond donors (Lipinski definition) is 3. The summed E-state index contributed by atoms with van der Waals surface area (Å²) in [5.74, 6) is -1.98. The molecule has 3 N–H and O–H groups in total. The normalized spacial score (nSPS) is 12.7. The molecule has 0 saturated carbocycles. The van der Waals surface area contributed by atoms with Gasteiger partial charge in [0.05, 0.1) is 25.0 Å². The van der Waals surface area contributed by atoms with Crippen molar-refractivity contribution < 1.29 is 33.4 Å². The third-order valence-corrected chi connectivity index (χ3v) is 10.0. The van der Waals surface area contributed by atoms with Crippen LogP contribution in [0.25, 0.3) is 6.08 Å². The van der Waals surface area contributed by atoms with E-state index in [0.29, 0.717) is 44.7 Å². The van der Waals surface area contributed by atoms with Gasteiger partial charge in [-0.3, -0.25) is 14.4 Å². The molecule has 5 rings (SSSR count). The van der Waals surface area contributed by atoms with E-state index in [4.69, 9.17) is 21.1 Å². The Kier molecular flexibility index (Phi) is 12.4. The van der Waals surface area contributed by atoms with Gasteiger partial charge in [-0.05, 0) is 80.8 Å². The lowest BCUT2D eigenvalue weighted by Crippen LogP contribution is -2.39. The van der Waals surface area contributed by atoms with Gasteiger partial charge in [-0.15, -0.1) is 23.1 Å². The highest BCUT2D eigenvalue weighted by Crippen LogP contribution is 2.38. The Morgan fingerprint density at radius 1 is 0.962 bits per heavy atom. The average Bonchev–Trinajstić information content (AvgIpc) is 3.47. The molecule has 0 aliphatic carbocycles. The summed E-state index contributed by atoms with van der Waals surface area (Å²) in [7, 11) is 1.28. The summed E-state index contributed by atoms with van der Waals surface area (Å²) in [5, 5.41) is 9.12. The molecule has 0 spiro atoms. The largest absolute Gasteiger partial charge is 0.465 e. The zero-order chi connectivity index (χ0) is 37.4. The molecule has 3 aromatic carbocycles. The number of thiophene rings is 1. The van der Waals surface area contributed by atoms with Crippen molar-refractivity contribution >= 4 is 81.2 Å². The standard InChI is InChI=1S/C38H37ClN4O7S2/c1-38(2,3)50-37(48)43-18-17-27-30(21-43)52-35(32(27)36(47)49-4)42-31(44)22-51-26-15-10-14-25(20-26)40-34(46)29(19-24-13-8-9-16-28(24)39)41-33(45)23-11-6-5-7-12-23/h5-16,19-20H,17-18,21-22H2,1-4H3,(H,40,46)(H,41,45)(H,42,44)/b29-19+. The Morgan fingerprint density at radius 2 is 1.69 bits per heavy atom. The Labute approximate surface area is 314 Å². The quantitative estimate of drug-likeness (QED) is 0.0852. The van der Waals surface area contributed by atoms with Crippen molar-refractivity contribution in [1.29, 1.82) is 0 Å². The monoisotopic (exact) mass is 760 g/mol. The van der Waals surface area contributed by atoms with E-state index in [1.165, 1.54) is 36.3 Å². The fourth-order valence-electron chi connectivity index (χ4n) is 5.16. The summed E-state index contributed by atoms with van der Waals surface area (Å²) in [6, 6.07) is 22.4. The average molecular weight is 761 g/mol. The number of thioether (sulfide) groups is 1. The van der Waals surface area contributed by atoms with Crippen molar-refractivity contribution in [2.45, 2.75) is 44.2 Å². The third-order valence-electron chi connectivity index (χ3n) is 7.55. The third kappa shape index (κ3) is 10.0. The number of benzene rings is 3. The van der Waals surface area contributed by atoms with Gasteiger partial charge < -0.3 is 30.3 Å². The number of fused-ring (bicyclic) bond motifs is 1. The number of nitrogens with one attached hydrogen (secondary N) is 3. The second-order valence-corrected chi connectivity index (χ2v) is 15.1. The second-order valence-electron chi connectivity index (χ2n) is 12.6. The molecule has 2 heterocycles.